The summed E-state index contributed by atoms with van der Waals surface area (Å²) in [6, 6.07) is 2.27. The van der Waals surface area contributed by atoms with Crippen LogP contribution in [-0.4, -0.2) is 44.1 Å². The summed E-state index contributed by atoms with van der Waals surface area (Å²) in [5.41, 5.74) is -0.0202. The molecule has 1 atom stereocenters. The van der Waals surface area contributed by atoms with Gasteiger partial charge in [-0.3, -0.25) is 4.79 Å². The Morgan fingerprint density at radius 2 is 2.18 bits per heavy atom. The Morgan fingerprint density at radius 1 is 1.36 bits per heavy atom. The fourth-order valence-electron chi connectivity index (χ4n) is 3.54. The minimum Gasteiger partial charge on any atom is -0.491 e. The van der Waals surface area contributed by atoms with Gasteiger partial charge in [-0.25, -0.2) is 8.78 Å². The first kappa shape index (κ1) is 15.2. The van der Waals surface area contributed by atoms with Crippen LogP contribution in [0.2, 0.25) is 0 Å². The Hall–Kier alpha value is -1.69. The highest BCUT2D eigenvalue weighted by Gasteiger charge is 2.41. The van der Waals surface area contributed by atoms with Gasteiger partial charge >= 0.3 is 0 Å². The average Bonchev–Trinajstić information content (AvgIpc) is 2.92. The summed E-state index contributed by atoms with van der Waals surface area (Å²) in [7, 11) is 1.19. The van der Waals surface area contributed by atoms with Crippen molar-refractivity contribution >= 4 is 5.91 Å². The molecule has 1 aromatic carbocycles. The molecule has 0 bridgehead atoms. The van der Waals surface area contributed by atoms with E-state index in [4.69, 9.17) is 4.74 Å². The molecule has 1 unspecified atom stereocenters. The first-order chi connectivity index (χ1) is 10.6. The lowest BCUT2D eigenvalue weighted by molar-refractivity contribution is 0.0758. The number of benzene rings is 1. The molecule has 120 valence electrons. The minimum atomic E-state index is -0.921. The Kier molecular flexibility index (Phi) is 4.04. The second kappa shape index (κ2) is 5.83. The Balaban J connectivity index is 1.80. The molecule has 4 nitrogen and oxygen atoms in total. The van der Waals surface area contributed by atoms with Crippen LogP contribution >= 0.6 is 0 Å². The maximum absolute atomic E-state index is 14.2. The summed E-state index contributed by atoms with van der Waals surface area (Å²) in [4.78, 5) is 14.2. The summed E-state index contributed by atoms with van der Waals surface area (Å²) in [6.07, 6.45) is 3.10. The Labute approximate surface area is 128 Å². The number of carbonyl (C=O) groups excluding carboxylic acids is 1. The molecule has 0 aromatic heterocycles. The van der Waals surface area contributed by atoms with Gasteiger partial charge in [-0.2, -0.15) is 0 Å². The van der Waals surface area contributed by atoms with E-state index in [9.17, 15) is 13.6 Å². The number of nitrogens with zero attached hydrogens (tertiary/aromatic N) is 1. The second-order valence-corrected chi connectivity index (χ2v) is 6.20. The molecule has 1 spiro atoms. The van der Waals surface area contributed by atoms with Crippen LogP contribution in [0.5, 0.6) is 5.75 Å². The second-order valence-electron chi connectivity index (χ2n) is 6.20. The van der Waals surface area contributed by atoms with Crippen LogP contribution in [0.4, 0.5) is 8.78 Å². The molecule has 2 aliphatic heterocycles. The molecule has 6 heteroatoms. The van der Waals surface area contributed by atoms with Gasteiger partial charge in [0.05, 0.1) is 12.7 Å². The molecule has 0 saturated carbocycles. The molecule has 2 aliphatic rings. The summed E-state index contributed by atoms with van der Waals surface area (Å²) < 4.78 is 32.4. The minimum absolute atomic E-state index is 0.106. The topological polar surface area (TPSA) is 41.6 Å². The van der Waals surface area contributed by atoms with E-state index in [0.717, 1.165) is 38.4 Å². The predicted molar refractivity (Wildman–Crippen MR) is 78.0 cm³/mol. The van der Waals surface area contributed by atoms with Gasteiger partial charge in [0.15, 0.2) is 17.4 Å². The highest BCUT2D eigenvalue weighted by atomic mass is 19.1. The lowest BCUT2D eigenvalue weighted by Crippen LogP contribution is -2.42. The lowest BCUT2D eigenvalue weighted by Gasteiger charge is -2.33. The number of halogens is 2. The van der Waals surface area contributed by atoms with E-state index < -0.39 is 23.3 Å². The standard InChI is InChI=1S/C16H20F2N2O2/c1-22-14-12(17)4-3-11(13(14)18)15(21)20-8-6-16(10-20)5-2-7-19-9-16/h3-4,19H,2,5-10H2,1H3. The largest absolute Gasteiger partial charge is 0.491 e. The van der Waals surface area contributed by atoms with Crippen LogP contribution in [0.15, 0.2) is 12.1 Å². The van der Waals surface area contributed by atoms with E-state index in [1.54, 1.807) is 4.90 Å². The molecule has 1 N–H and O–H groups in total. The third kappa shape index (κ3) is 2.56. The number of ether oxygens (including phenoxy) is 1. The van der Waals surface area contributed by atoms with E-state index in [0.29, 0.717) is 13.1 Å². The summed E-state index contributed by atoms with van der Waals surface area (Å²) in [6.45, 7) is 3.14. The first-order valence-electron chi connectivity index (χ1n) is 7.58. The Bertz CT molecular complexity index is 586. The molecule has 1 amide bonds. The molecule has 1 aromatic rings. The van der Waals surface area contributed by atoms with Crippen molar-refractivity contribution in [2.45, 2.75) is 19.3 Å². The van der Waals surface area contributed by atoms with Crippen molar-refractivity contribution in [1.29, 1.82) is 0 Å². The smallest absolute Gasteiger partial charge is 0.256 e. The van der Waals surface area contributed by atoms with Crippen LogP contribution in [0.25, 0.3) is 0 Å². The third-order valence-electron chi connectivity index (χ3n) is 4.77. The zero-order valence-electron chi connectivity index (χ0n) is 12.6. The zero-order valence-corrected chi connectivity index (χ0v) is 12.6. The van der Waals surface area contributed by atoms with Crippen molar-refractivity contribution in [2.24, 2.45) is 5.41 Å². The monoisotopic (exact) mass is 310 g/mol. The van der Waals surface area contributed by atoms with E-state index >= 15 is 0 Å². The maximum atomic E-state index is 14.2. The molecule has 3 rings (SSSR count). The number of hydrogen-bond donors (Lipinski definition) is 1. The van der Waals surface area contributed by atoms with Crippen molar-refractivity contribution in [3.05, 3.63) is 29.3 Å². The van der Waals surface area contributed by atoms with Crippen LogP contribution in [0.1, 0.15) is 29.6 Å². The van der Waals surface area contributed by atoms with Gasteiger partial charge in [0.25, 0.3) is 5.91 Å². The molecule has 0 radical (unpaired) electrons. The summed E-state index contributed by atoms with van der Waals surface area (Å²) >= 11 is 0. The first-order valence-corrected chi connectivity index (χ1v) is 7.58. The number of piperidine rings is 1. The zero-order chi connectivity index (χ0) is 15.7. The number of likely N-dealkylation sites (tertiary alicyclic amines) is 1. The summed E-state index contributed by atoms with van der Waals surface area (Å²) in [5, 5.41) is 3.37. The van der Waals surface area contributed by atoms with E-state index in [1.807, 2.05) is 0 Å². The van der Waals surface area contributed by atoms with Gasteiger partial charge in [0.2, 0.25) is 0 Å². The molecular formula is C16H20F2N2O2. The number of methoxy groups -OCH3 is 1. The fourth-order valence-corrected chi connectivity index (χ4v) is 3.54. The van der Waals surface area contributed by atoms with Gasteiger partial charge in [-0.15, -0.1) is 0 Å². The van der Waals surface area contributed by atoms with Crippen LogP contribution < -0.4 is 10.1 Å². The van der Waals surface area contributed by atoms with Crippen LogP contribution in [0.3, 0.4) is 0 Å². The highest BCUT2D eigenvalue weighted by Crippen LogP contribution is 2.37. The number of amides is 1. The molecule has 2 fully saturated rings. The normalized spacial score (nSPS) is 24.8. The van der Waals surface area contributed by atoms with E-state index in [1.165, 1.54) is 13.2 Å². The number of rotatable bonds is 2. The van der Waals surface area contributed by atoms with E-state index in [-0.39, 0.29) is 11.0 Å². The number of hydrogen-bond acceptors (Lipinski definition) is 3. The van der Waals surface area contributed by atoms with Crippen LogP contribution in [0, 0.1) is 17.0 Å². The van der Waals surface area contributed by atoms with Crippen molar-refractivity contribution in [1.82, 2.24) is 10.2 Å². The fraction of sp³-hybridized carbons (Fsp3) is 0.562. The quantitative estimate of drug-likeness (QED) is 0.910. The van der Waals surface area contributed by atoms with Gasteiger partial charge < -0.3 is 15.0 Å². The van der Waals surface area contributed by atoms with E-state index in [2.05, 4.69) is 5.32 Å². The lowest BCUT2D eigenvalue weighted by atomic mass is 9.80. The molecular weight excluding hydrogens is 290 g/mol. The van der Waals surface area contributed by atoms with Gasteiger partial charge in [0, 0.05) is 25.0 Å². The van der Waals surface area contributed by atoms with Crippen molar-refractivity contribution < 1.29 is 18.3 Å². The maximum Gasteiger partial charge on any atom is 0.256 e. The van der Waals surface area contributed by atoms with Gasteiger partial charge in [0.1, 0.15) is 0 Å². The van der Waals surface area contributed by atoms with Gasteiger partial charge in [-0.1, -0.05) is 0 Å². The molecule has 22 heavy (non-hydrogen) atoms. The SMILES string of the molecule is COc1c(F)ccc(C(=O)N2CCC3(CCCNC3)C2)c1F. The third-order valence-corrected chi connectivity index (χ3v) is 4.77. The Morgan fingerprint density at radius 3 is 2.86 bits per heavy atom. The molecule has 0 aliphatic carbocycles. The van der Waals surface area contributed by atoms with Crippen molar-refractivity contribution in [2.75, 3.05) is 33.3 Å². The number of nitrogens with one attached hydrogen (secondary N) is 1. The summed E-state index contributed by atoms with van der Waals surface area (Å²) in [5.74, 6) is -2.61. The van der Waals surface area contributed by atoms with Crippen molar-refractivity contribution in [3.8, 4) is 5.75 Å². The highest BCUT2D eigenvalue weighted by molar-refractivity contribution is 5.95. The number of carbonyl (C=O) groups is 1. The average molecular weight is 310 g/mol. The van der Waals surface area contributed by atoms with Crippen LogP contribution in [-0.2, 0) is 0 Å². The van der Waals surface area contributed by atoms with Crippen molar-refractivity contribution in [3.63, 3.8) is 0 Å². The van der Waals surface area contributed by atoms with Gasteiger partial charge in [-0.05, 0) is 37.9 Å². The molecule has 2 saturated heterocycles. The molecule has 2 heterocycles. The predicted octanol–water partition coefficient (Wildman–Crippen LogP) is 2.19.